The third-order valence-corrected chi connectivity index (χ3v) is 3.83. The molecule has 0 amide bonds. The van der Waals surface area contributed by atoms with Gasteiger partial charge >= 0.3 is 0 Å². The monoisotopic (exact) mass is 257 g/mol. The molecule has 3 heteroatoms. The Hall–Kier alpha value is -1.61. The van der Waals surface area contributed by atoms with Crippen molar-refractivity contribution in [3.63, 3.8) is 0 Å². The van der Waals surface area contributed by atoms with Gasteiger partial charge in [-0.3, -0.25) is 4.79 Å². The molecule has 0 radical (unpaired) electrons. The van der Waals surface area contributed by atoms with Gasteiger partial charge in [-0.2, -0.15) is 0 Å². The van der Waals surface area contributed by atoms with Crippen LogP contribution in [0.5, 0.6) is 0 Å². The zero-order chi connectivity index (χ0) is 13.0. The molecule has 92 valence electrons. The fourth-order valence-corrected chi connectivity index (χ4v) is 2.81. The second kappa shape index (κ2) is 5.83. The molecule has 0 spiro atoms. The average Bonchev–Trinajstić information content (AvgIpc) is 2.38. The number of hydrogen-bond acceptors (Lipinski definition) is 3. The van der Waals surface area contributed by atoms with Crippen molar-refractivity contribution in [3.8, 4) is 0 Å². The molecule has 0 atom stereocenters. The highest BCUT2D eigenvalue weighted by Gasteiger charge is 2.08. The number of pyridine rings is 1. The van der Waals surface area contributed by atoms with Crippen LogP contribution in [0.4, 0.5) is 0 Å². The molecule has 1 heterocycles. The summed E-state index contributed by atoms with van der Waals surface area (Å²) >= 11 is 1.61. The molecule has 0 aliphatic carbocycles. The summed E-state index contributed by atoms with van der Waals surface area (Å²) < 4.78 is 0. The molecule has 0 fully saturated rings. The Morgan fingerprint density at radius 2 is 2.00 bits per heavy atom. The lowest BCUT2D eigenvalue weighted by Crippen LogP contribution is -1.97. The number of thioether (sulfide) groups is 1. The van der Waals surface area contributed by atoms with Crippen molar-refractivity contribution in [1.29, 1.82) is 0 Å². The summed E-state index contributed by atoms with van der Waals surface area (Å²) in [5.74, 6) is 0.902. The van der Waals surface area contributed by atoms with Crippen LogP contribution in [0, 0.1) is 6.92 Å². The van der Waals surface area contributed by atoms with Crippen molar-refractivity contribution in [3.05, 3.63) is 59.3 Å². The first kappa shape index (κ1) is 12.8. The topological polar surface area (TPSA) is 30.0 Å². The zero-order valence-corrected chi connectivity index (χ0v) is 11.3. The number of hydrogen-bond donors (Lipinski definition) is 0. The molecule has 0 aliphatic heterocycles. The molecule has 2 nitrogen and oxygen atoms in total. The van der Waals surface area contributed by atoms with Crippen molar-refractivity contribution in [2.24, 2.45) is 0 Å². The Labute approximate surface area is 111 Å². The lowest BCUT2D eigenvalue weighted by molar-refractivity contribution is 0.101. The maximum absolute atomic E-state index is 11.5. The van der Waals surface area contributed by atoms with E-state index in [-0.39, 0.29) is 5.78 Å². The minimum absolute atomic E-state index is 0.0652. The third-order valence-electron chi connectivity index (χ3n) is 2.78. The van der Waals surface area contributed by atoms with E-state index in [0.29, 0.717) is 5.56 Å². The van der Waals surface area contributed by atoms with Crippen molar-refractivity contribution in [1.82, 2.24) is 4.98 Å². The van der Waals surface area contributed by atoms with Crippen LogP contribution in [0.2, 0.25) is 0 Å². The van der Waals surface area contributed by atoms with E-state index in [0.717, 1.165) is 10.8 Å². The predicted octanol–water partition coefficient (Wildman–Crippen LogP) is 3.88. The second-order valence-corrected chi connectivity index (χ2v) is 5.09. The number of Topliss-reactive ketones (excluding diaryl/α,β-unsaturated/α-hetero) is 1. The Morgan fingerprint density at radius 1 is 1.22 bits per heavy atom. The van der Waals surface area contributed by atoms with Gasteiger partial charge in [0.1, 0.15) is 5.03 Å². The molecule has 2 aromatic rings. The number of aryl methyl sites for hydroxylation is 1. The van der Waals surface area contributed by atoms with E-state index in [2.05, 4.69) is 24.0 Å². The molecule has 18 heavy (non-hydrogen) atoms. The van der Waals surface area contributed by atoms with Gasteiger partial charge < -0.3 is 0 Å². The van der Waals surface area contributed by atoms with E-state index < -0.39 is 0 Å². The Morgan fingerprint density at radius 3 is 2.72 bits per heavy atom. The summed E-state index contributed by atoms with van der Waals surface area (Å²) in [6, 6.07) is 11.9. The highest BCUT2D eigenvalue weighted by atomic mass is 32.2. The standard InChI is InChI=1S/C15H15NOS/c1-11-6-3-4-7-13(11)10-18-15-14(12(2)17)8-5-9-16-15/h3-9H,10H2,1-2H3. The first-order chi connectivity index (χ1) is 8.68. The second-order valence-electron chi connectivity index (χ2n) is 4.13. The molecule has 2 rings (SSSR count). The molecule has 1 aromatic heterocycles. The maximum Gasteiger partial charge on any atom is 0.162 e. The first-order valence-corrected chi connectivity index (χ1v) is 6.80. The smallest absolute Gasteiger partial charge is 0.162 e. The number of carbonyl (C=O) groups excluding carboxylic acids is 1. The van der Waals surface area contributed by atoms with Gasteiger partial charge in [0.05, 0.1) is 0 Å². The SMILES string of the molecule is CC(=O)c1cccnc1SCc1ccccc1C. The molecule has 1 aromatic carbocycles. The third kappa shape index (κ3) is 2.99. The fraction of sp³-hybridized carbons (Fsp3) is 0.200. The molecule has 0 aliphatic rings. The summed E-state index contributed by atoms with van der Waals surface area (Å²) in [6.07, 6.45) is 1.73. The van der Waals surface area contributed by atoms with E-state index in [9.17, 15) is 4.79 Å². The zero-order valence-electron chi connectivity index (χ0n) is 10.5. The molecule has 0 bridgehead atoms. The number of aromatic nitrogens is 1. The Kier molecular flexibility index (Phi) is 4.15. The van der Waals surface area contributed by atoms with E-state index in [1.807, 2.05) is 18.2 Å². The lowest BCUT2D eigenvalue weighted by atomic mass is 10.1. The number of ketones is 1. The minimum Gasteiger partial charge on any atom is -0.294 e. The van der Waals surface area contributed by atoms with Crippen molar-refractivity contribution >= 4 is 17.5 Å². The Balaban J connectivity index is 2.16. The number of nitrogens with zero attached hydrogens (tertiary/aromatic N) is 1. The van der Waals surface area contributed by atoms with Crippen LogP contribution < -0.4 is 0 Å². The summed E-state index contributed by atoms with van der Waals surface area (Å²) in [5, 5.41) is 0.813. The van der Waals surface area contributed by atoms with Gasteiger partial charge in [-0.25, -0.2) is 4.98 Å². The van der Waals surface area contributed by atoms with E-state index >= 15 is 0 Å². The lowest BCUT2D eigenvalue weighted by Gasteiger charge is -2.07. The van der Waals surface area contributed by atoms with Crippen molar-refractivity contribution in [2.75, 3.05) is 0 Å². The summed E-state index contributed by atoms with van der Waals surface area (Å²) in [5.41, 5.74) is 3.25. The fourth-order valence-electron chi connectivity index (χ4n) is 1.69. The minimum atomic E-state index is 0.0652. The van der Waals surface area contributed by atoms with Crippen molar-refractivity contribution < 1.29 is 4.79 Å². The van der Waals surface area contributed by atoms with Gasteiger partial charge in [0.25, 0.3) is 0 Å². The van der Waals surface area contributed by atoms with Gasteiger partial charge in [-0.15, -0.1) is 11.8 Å². The average molecular weight is 257 g/mol. The van der Waals surface area contributed by atoms with Crippen LogP contribution in [0.25, 0.3) is 0 Å². The molecule has 0 unspecified atom stereocenters. The van der Waals surface area contributed by atoms with Gasteiger partial charge in [-0.1, -0.05) is 24.3 Å². The summed E-state index contributed by atoms with van der Waals surface area (Å²) in [4.78, 5) is 15.8. The van der Waals surface area contributed by atoms with E-state index in [1.165, 1.54) is 11.1 Å². The van der Waals surface area contributed by atoms with Crippen LogP contribution in [0.15, 0.2) is 47.6 Å². The van der Waals surface area contributed by atoms with Crippen LogP contribution in [0.1, 0.15) is 28.4 Å². The highest BCUT2D eigenvalue weighted by Crippen LogP contribution is 2.25. The largest absolute Gasteiger partial charge is 0.294 e. The van der Waals surface area contributed by atoms with Gasteiger partial charge in [0.2, 0.25) is 0 Å². The molecule has 0 saturated carbocycles. The van der Waals surface area contributed by atoms with Crippen LogP contribution >= 0.6 is 11.8 Å². The quantitative estimate of drug-likeness (QED) is 0.615. The Bertz CT molecular complexity index is 566. The predicted molar refractivity (Wildman–Crippen MR) is 75.0 cm³/mol. The first-order valence-electron chi connectivity index (χ1n) is 5.81. The highest BCUT2D eigenvalue weighted by molar-refractivity contribution is 7.98. The van der Waals surface area contributed by atoms with Gasteiger partial charge in [0.15, 0.2) is 5.78 Å². The molecule has 0 saturated heterocycles. The maximum atomic E-state index is 11.5. The molecule has 0 N–H and O–H groups in total. The number of rotatable bonds is 4. The molecular formula is C15H15NOS. The van der Waals surface area contributed by atoms with E-state index in [1.54, 1.807) is 30.9 Å². The normalized spacial score (nSPS) is 10.3. The van der Waals surface area contributed by atoms with Crippen LogP contribution in [0.3, 0.4) is 0 Å². The van der Waals surface area contributed by atoms with Gasteiger partial charge in [-0.05, 0) is 37.1 Å². The number of carbonyl (C=O) groups is 1. The van der Waals surface area contributed by atoms with Crippen molar-refractivity contribution in [2.45, 2.75) is 24.6 Å². The van der Waals surface area contributed by atoms with Crippen LogP contribution in [-0.2, 0) is 5.75 Å². The summed E-state index contributed by atoms with van der Waals surface area (Å²) in [6.45, 7) is 3.68. The molecular weight excluding hydrogens is 242 g/mol. The van der Waals surface area contributed by atoms with Gasteiger partial charge in [0, 0.05) is 17.5 Å². The van der Waals surface area contributed by atoms with Crippen LogP contribution in [-0.4, -0.2) is 10.8 Å². The van der Waals surface area contributed by atoms with E-state index in [4.69, 9.17) is 0 Å². The number of benzene rings is 1. The summed E-state index contributed by atoms with van der Waals surface area (Å²) in [7, 11) is 0.